The second kappa shape index (κ2) is 9.15. The first-order valence-corrected chi connectivity index (χ1v) is 12.7. The van der Waals surface area contributed by atoms with Crippen molar-refractivity contribution in [2.24, 2.45) is 0 Å². The molecule has 1 amide bonds. The third-order valence-corrected chi connectivity index (χ3v) is 8.45. The van der Waals surface area contributed by atoms with Gasteiger partial charge in [0.2, 0.25) is 21.9 Å². The van der Waals surface area contributed by atoms with E-state index in [1.807, 2.05) is 18.7 Å². The normalized spacial score (nSPS) is 15.3. The highest BCUT2D eigenvalue weighted by Gasteiger charge is 2.34. The molecule has 0 radical (unpaired) electrons. The minimum Gasteiger partial charge on any atom is -0.352 e. The maximum atomic E-state index is 13.6. The summed E-state index contributed by atoms with van der Waals surface area (Å²) in [6.45, 7) is 6.42. The van der Waals surface area contributed by atoms with E-state index in [1.54, 1.807) is 25.4 Å². The van der Waals surface area contributed by atoms with Gasteiger partial charge in [0.05, 0.1) is 11.7 Å². The molecule has 4 heterocycles. The summed E-state index contributed by atoms with van der Waals surface area (Å²) >= 11 is 1.16. The number of hydrogen-bond donors (Lipinski definition) is 1. The molecule has 0 aromatic carbocycles. The summed E-state index contributed by atoms with van der Waals surface area (Å²) in [6, 6.07) is 1.64. The minimum atomic E-state index is -3.95. The molecule has 33 heavy (non-hydrogen) atoms. The fraction of sp³-hybridized carbons (Fsp3) is 0.450. The number of fused-ring (bicyclic) bond motifs is 1. The second-order valence-corrected chi connectivity index (χ2v) is 11.1. The van der Waals surface area contributed by atoms with Gasteiger partial charge in [-0.25, -0.2) is 23.4 Å². The number of piperazine rings is 1. The standard InChI is InChI=1S/C20H25N7O4S2/c1-13(2)24-15(28)11-26-12-23-18-16(19(26)29)17(14(3)32-18)33(30,31)27-9-7-25(8-10-27)20-21-5-4-6-22-20/h4-6,12-13H,7-11H2,1-3H3,(H,24,28). The Bertz CT molecular complexity index is 1330. The molecule has 1 aliphatic rings. The van der Waals surface area contributed by atoms with Crippen LogP contribution in [0.3, 0.4) is 0 Å². The van der Waals surface area contributed by atoms with Crippen LogP contribution < -0.4 is 15.8 Å². The topological polar surface area (TPSA) is 130 Å². The van der Waals surface area contributed by atoms with Crippen LogP contribution >= 0.6 is 11.3 Å². The average molecular weight is 492 g/mol. The van der Waals surface area contributed by atoms with Crippen molar-refractivity contribution in [3.05, 3.63) is 40.0 Å². The Morgan fingerprint density at radius 3 is 2.45 bits per heavy atom. The van der Waals surface area contributed by atoms with Crippen LogP contribution in [0.15, 0.2) is 34.5 Å². The van der Waals surface area contributed by atoms with Crippen molar-refractivity contribution in [3.8, 4) is 0 Å². The lowest BCUT2D eigenvalue weighted by Crippen LogP contribution is -2.49. The van der Waals surface area contributed by atoms with Crippen LogP contribution in [0.5, 0.6) is 0 Å². The van der Waals surface area contributed by atoms with Gasteiger partial charge in [-0.1, -0.05) is 0 Å². The van der Waals surface area contributed by atoms with Crippen molar-refractivity contribution < 1.29 is 13.2 Å². The number of rotatable bonds is 6. The SMILES string of the molecule is Cc1sc2ncn(CC(=O)NC(C)C)c(=O)c2c1S(=O)(=O)N1CCN(c2ncccn2)CC1. The highest BCUT2D eigenvalue weighted by atomic mass is 32.2. The van der Waals surface area contributed by atoms with E-state index in [0.717, 1.165) is 15.9 Å². The maximum Gasteiger partial charge on any atom is 0.263 e. The molecule has 0 bridgehead atoms. The number of aryl methyl sites for hydroxylation is 1. The fourth-order valence-corrected chi connectivity index (χ4v) is 6.86. The first-order valence-electron chi connectivity index (χ1n) is 10.5. The Morgan fingerprint density at radius 1 is 1.15 bits per heavy atom. The molecule has 0 spiro atoms. The van der Waals surface area contributed by atoms with Gasteiger partial charge in [0, 0.05) is 49.5 Å². The second-order valence-electron chi connectivity index (χ2n) is 8.01. The molecule has 13 heteroatoms. The molecule has 3 aromatic rings. The van der Waals surface area contributed by atoms with Crippen LogP contribution in [-0.4, -0.2) is 70.4 Å². The summed E-state index contributed by atoms with van der Waals surface area (Å²) in [5, 5.41) is 2.75. The van der Waals surface area contributed by atoms with E-state index in [2.05, 4.69) is 20.3 Å². The quantitative estimate of drug-likeness (QED) is 0.530. The Labute approximate surface area is 195 Å². The molecule has 0 saturated carbocycles. The Balaban J connectivity index is 1.64. The van der Waals surface area contributed by atoms with Crippen molar-refractivity contribution in [1.29, 1.82) is 0 Å². The Kier molecular flexibility index (Phi) is 6.45. The number of hydrogen-bond acceptors (Lipinski definition) is 9. The largest absolute Gasteiger partial charge is 0.352 e. The zero-order valence-electron chi connectivity index (χ0n) is 18.6. The van der Waals surface area contributed by atoms with E-state index in [4.69, 9.17) is 0 Å². The van der Waals surface area contributed by atoms with Gasteiger partial charge in [-0.2, -0.15) is 4.31 Å². The van der Waals surface area contributed by atoms with Crippen molar-refractivity contribution in [2.45, 2.75) is 38.3 Å². The van der Waals surface area contributed by atoms with Crippen LogP contribution in [0.25, 0.3) is 10.2 Å². The molecule has 1 N–H and O–H groups in total. The van der Waals surface area contributed by atoms with E-state index in [-0.39, 0.29) is 41.9 Å². The van der Waals surface area contributed by atoms with Crippen molar-refractivity contribution in [3.63, 3.8) is 0 Å². The molecule has 3 aromatic heterocycles. The first-order chi connectivity index (χ1) is 15.7. The molecular weight excluding hydrogens is 466 g/mol. The fourth-order valence-electron chi connectivity index (χ4n) is 3.77. The van der Waals surface area contributed by atoms with Crippen LogP contribution in [0, 0.1) is 6.92 Å². The predicted octanol–water partition coefficient (Wildman–Crippen LogP) is 0.592. The summed E-state index contributed by atoms with van der Waals surface area (Å²) in [6.07, 6.45) is 4.58. The van der Waals surface area contributed by atoms with Gasteiger partial charge in [-0.3, -0.25) is 14.2 Å². The number of amides is 1. The van der Waals surface area contributed by atoms with Gasteiger partial charge in [0.15, 0.2) is 0 Å². The molecule has 1 fully saturated rings. The molecule has 1 aliphatic heterocycles. The van der Waals surface area contributed by atoms with E-state index in [9.17, 15) is 18.0 Å². The van der Waals surface area contributed by atoms with E-state index in [1.165, 1.54) is 10.6 Å². The highest BCUT2D eigenvalue weighted by molar-refractivity contribution is 7.89. The zero-order valence-corrected chi connectivity index (χ0v) is 20.2. The summed E-state index contributed by atoms with van der Waals surface area (Å²) in [7, 11) is -3.95. The lowest BCUT2D eigenvalue weighted by atomic mass is 10.3. The predicted molar refractivity (Wildman–Crippen MR) is 125 cm³/mol. The van der Waals surface area contributed by atoms with Crippen LogP contribution in [-0.2, 0) is 21.4 Å². The Morgan fingerprint density at radius 2 is 1.82 bits per heavy atom. The average Bonchev–Trinajstić information content (AvgIpc) is 3.13. The third kappa shape index (κ3) is 4.61. The van der Waals surface area contributed by atoms with Gasteiger partial charge >= 0.3 is 0 Å². The smallest absolute Gasteiger partial charge is 0.263 e. The monoisotopic (exact) mass is 491 g/mol. The van der Waals surface area contributed by atoms with Gasteiger partial charge in [0.25, 0.3) is 5.56 Å². The molecule has 0 atom stereocenters. The lowest BCUT2D eigenvalue weighted by molar-refractivity contribution is -0.122. The van der Waals surface area contributed by atoms with Crippen LogP contribution in [0.2, 0.25) is 0 Å². The molecule has 1 saturated heterocycles. The number of carbonyl (C=O) groups excluding carboxylic acids is 1. The molecule has 176 valence electrons. The van der Waals surface area contributed by atoms with Crippen LogP contribution in [0.4, 0.5) is 5.95 Å². The summed E-state index contributed by atoms with van der Waals surface area (Å²) in [4.78, 5) is 40.8. The van der Waals surface area contributed by atoms with E-state index >= 15 is 0 Å². The molecular formula is C20H25N7O4S2. The maximum absolute atomic E-state index is 13.6. The van der Waals surface area contributed by atoms with Crippen molar-refractivity contribution in [2.75, 3.05) is 31.1 Å². The van der Waals surface area contributed by atoms with Crippen LogP contribution in [0.1, 0.15) is 18.7 Å². The number of sulfonamides is 1. The van der Waals surface area contributed by atoms with Crippen molar-refractivity contribution in [1.82, 2.24) is 29.1 Å². The molecule has 11 nitrogen and oxygen atoms in total. The zero-order chi connectivity index (χ0) is 23.8. The lowest BCUT2D eigenvalue weighted by Gasteiger charge is -2.33. The minimum absolute atomic E-state index is 0.0250. The number of nitrogens with one attached hydrogen (secondary N) is 1. The molecule has 0 unspecified atom stereocenters. The first kappa shape index (κ1) is 23.3. The van der Waals surface area contributed by atoms with E-state index < -0.39 is 15.6 Å². The highest BCUT2D eigenvalue weighted by Crippen LogP contribution is 2.33. The molecule has 0 aliphatic carbocycles. The van der Waals surface area contributed by atoms with Gasteiger partial charge < -0.3 is 10.2 Å². The summed E-state index contributed by atoms with van der Waals surface area (Å²) in [5.74, 6) is 0.210. The number of nitrogens with zero attached hydrogens (tertiary/aromatic N) is 6. The summed E-state index contributed by atoms with van der Waals surface area (Å²) in [5.41, 5.74) is -0.543. The number of anilines is 1. The van der Waals surface area contributed by atoms with E-state index in [0.29, 0.717) is 28.7 Å². The van der Waals surface area contributed by atoms with Gasteiger partial charge in [-0.05, 0) is 26.8 Å². The Hall–Kier alpha value is -2.90. The van der Waals surface area contributed by atoms with Crippen molar-refractivity contribution >= 4 is 43.4 Å². The number of carbonyl (C=O) groups is 1. The van der Waals surface area contributed by atoms with Gasteiger partial charge in [0.1, 0.15) is 16.3 Å². The summed E-state index contributed by atoms with van der Waals surface area (Å²) < 4.78 is 29.7. The third-order valence-electron chi connectivity index (χ3n) is 5.23. The number of aromatic nitrogens is 4. The number of thiophene rings is 1. The van der Waals surface area contributed by atoms with Gasteiger partial charge in [-0.15, -0.1) is 11.3 Å². The molecule has 4 rings (SSSR count).